The summed E-state index contributed by atoms with van der Waals surface area (Å²) in [5.41, 5.74) is -0.647. The van der Waals surface area contributed by atoms with Gasteiger partial charge >= 0.3 is 6.09 Å². The first-order valence-corrected chi connectivity index (χ1v) is 6.07. The Labute approximate surface area is 128 Å². The molecule has 0 aliphatic heterocycles. The van der Waals surface area contributed by atoms with Crippen LogP contribution in [0.2, 0.25) is 0 Å². The van der Waals surface area contributed by atoms with Crippen LogP contribution in [0.3, 0.4) is 0 Å². The number of hydrogen-bond donors (Lipinski definition) is 2. The van der Waals surface area contributed by atoms with Crippen molar-refractivity contribution in [3.8, 4) is 11.5 Å². The highest BCUT2D eigenvalue weighted by molar-refractivity contribution is 5.82. The van der Waals surface area contributed by atoms with E-state index in [9.17, 15) is 25.0 Å². The summed E-state index contributed by atoms with van der Waals surface area (Å²) in [6.45, 7) is 0. The van der Waals surface area contributed by atoms with E-state index in [4.69, 9.17) is 9.84 Å². The Morgan fingerprint density at radius 3 is 1.91 bits per heavy atom. The minimum Gasteiger partial charge on any atom is -0.465 e. The Balaban J connectivity index is 2.26. The zero-order valence-corrected chi connectivity index (χ0v) is 11.3. The molecule has 0 aliphatic carbocycles. The van der Waals surface area contributed by atoms with Crippen LogP contribution in [0.1, 0.15) is 0 Å². The molecule has 0 saturated carbocycles. The number of rotatable bonds is 5. The van der Waals surface area contributed by atoms with E-state index in [2.05, 4.69) is 5.32 Å². The van der Waals surface area contributed by atoms with Gasteiger partial charge in [-0.25, -0.2) is 4.79 Å². The van der Waals surface area contributed by atoms with E-state index in [1.165, 1.54) is 24.3 Å². The first kappa shape index (κ1) is 15.7. The highest BCUT2D eigenvalue weighted by Gasteiger charge is 2.17. The summed E-state index contributed by atoms with van der Waals surface area (Å²) in [5.74, 6) is 0.153. The molecule has 10 heteroatoms. The Hall–Kier alpha value is -3.69. The van der Waals surface area contributed by atoms with Gasteiger partial charge in [0.2, 0.25) is 0 Å². The predicted molar refractivity (Wildman–Crippen MR) is 77.9 cm³/mol. The lowest BCUT2D eigenvalue weighted by Gasteiger charge is -2.07. The largest absolute Gasteiger partial charge is 0.465 e. The second kappa shape index (κ2) is 6.39. The lowest BCUT2D eigenvalue weighted by Crippen LogP contribution is -2.06. The topological polar surface area (TPSA) is 145 Å². The summed E-state index contributed by atoms with van der Waals surface area (Å²) >= 11 is 0. The third-order valence-corrected chi connectivity index (χ3v) is 2.64. The summed E-state index contributed by atoms with van der Waals surface area (Å²) in [6.07, 6.45) is -1.23. The van der Waals surface area contributed by atoms with Gasteiger partial charge in [0.15, 0.2) is 0 Å². The molecule has 2 aromatic carbocycles. The monoisotopic (exact) mass is 319 g/mol. The number of carbonyl (C=O) groups is 1. The highest BCUT2D eigenvalue weighted by atomic mass is 16.6. The van der Waals surface area contributed by atoms with Crippen molar-refractivity contribution >= 4 is 23.2 Å². The molecule has 0 spiro atoms. The first-order valence-electron chi connectivity index (χ1n) is 6.07. The van der Waals surface area contributed by atoms with Crippen molar-refractivity contribution in [1.29, 1.82) is 0 Å². The molecule has 10 nitrogen and oxygen atoms in total. The molecular formula is C13H9N3O7. The van der Waals surface area contributed by atoms with Gasteiger partial charge < -0.3 is 9.84 Å². The molecule has 0 saturated heterocycles. The van der Waals surface area contributed by atoms with Crippen molar-refractivity contribution in [2.45, 2.75) is 0 Å². The molecule has 2 aromatic rings. The Morgan fingerprint density at radius 2 is 1.48 bits per heavy atom. The summed E-state index contributed by atoms with van der Waals surface area (Å²) in [7, 11) is 0. The van der Waals surface area contributed by atoms with Crippen LogP contribution in [-0.4, -0.2) is 21.0 Å². The number of carboxylic acid groups (broad SMARTS) is 1. The van der Waals surface area contributed by atoms with E-state index in [-0.39, 0.29) is 11.5 Å². The van der Waals surface area contributed by atoms with Gasteiger partial charge in [0, 0.05) is 5.69 Å². The van der Waals surface area contributed by atoms with E-state index in [1.54, 1.807) is 0 Å². The molecule has 0 unspecified atom stereocenters. The molecule has 0 aliphatic rings. The van der Waals surface area contributed by atoms with Gasteiger partial charge in [-0.2, -0.15) is 0 Å². The van der Waals surface area contributed by atoms with Gasteiger partial charge in [0.25, 0.3) is 11.4 Å². The normalized spacial score (nSPS) is 9.91. The van der Waals surface area contributed by atoms with Crippen molar-refractivity contribution in [3.63, 3.8) is 0 Å². The minimum absolute atomic E-state index is 0.0788. The summed E-state index contributed by atoms with van der Waals surface area (Å²) in [5, 5.41) is 32.3. The zero-order chi connectivity index (χ0) is 17.0. The standard InChI is InChI=1S/C13H9N3O7/c17-13(18)14-8-1-3-11(4-2-8)23-12-6-9(15(19)20)5-10(7-12)16(21)22/h1-7,14H,(H,17,18). The molecule has 0 fully saturated rings. The third-order valence-electron chi connectivity index (χ3n) is 2.64. The SMILES string of the molecule is O=C(O)Nc1ccc(Oc2cc([N+](=O)[O-])cc([N+](=O)[O-])c2)cc1. The van der Waals surface area contributed by atoms with E-state index in [1.807, 2.05) is 0 Å². The molecule has 0 heterocycles. The number of nitrogens with one attached hydrogen (secondary N) is 1. The van der Waals surface area contributed by atoms with Crippen LogP contribution < -0.4 is 10.1 Å². The average Bonchev–Trinajstić information content (AvgIpc) is 2.48. The van der Waals surface area contributed by atoms with Gasteiger partial charge in [0.1, 0.15) is 11.5 Å². The summed E-state index contributed by atoms with van der Waals surface area (Å²) < 4.78 is 5.34. The quantitative estimate of drug-likeness (QED) is 0.634. The fourth-order valence-corrected chi connectivity index (χ4v) is 1.70. The number of non-ortho nitro benzene ring substituents is 2. The van der Waals surface area contributed by atoms with Gasteiger partial charge in [-0.3, -0.25) is 25.5 Å². The van der Waals surface area contributed by atoms with Crippen LogP contribution in [0, 0.1) is 20.2 Å². The molecule has 2 rings (SSSR count). The fourth-order valence-electron chi connectivity index (χ4n) is 1.70. The highest BCUT2D eigenvalue weighted by Crippen LogP contribution is 2.31. The first-order chi connectivity index (χ1) is 10.8. The number of ether oxygens (including phenoxy) is 1. The molecule has 1 amide bonds. The van der Waals surface area contributed by atoms with Crippen molar-refractivity contribution in [1.82, 2.24) is 0 Å². The maximum absolute atomic E-state index is 10.8. The van der Waals surface area contributed by atoms with Crippen LogP contribution in [0.15, 0.2) is 42.5 Å². The smallest absolute Gasteiger partial charge is 0.409 e. The molecule has 2 N–H and O–H groups in total. The number of hydrogen-bond acceptors (Lipinski definition) is 6. The van der Waals surface area contributed by atoms with Crippen LogP contribution in [0.25, 0.3) is 0 Å². The predicted octanol–water partition coefficient (Wildman–Crippen LogP) is 3.39. The second-order valence-electron chi connectivity index (χ2n) is 4.26. The number of amides is 1. The van der Waals surface area contributed by atoms with Crippen LogP contribution >= 0.6 is 0 Å². The number of nitro groups is 2. The lowest BCUT2D eigenvalue weighted by atomic mass is 10.2. The molecule has 0 aromatic heterocycles. The second-order valence-corrected chi connectivity index (χ2v) is 4.26. The zero-order valence-electron chi connectivity index (χ0n) is 11.3. The average molecular weight is 319 g/mol. The lowest BCUT2D eigenvalue weighted by molar-refractivity contribution is -0.394. The number of nitro benzene ring substituents is 2. The van der Waals surface area contributed by atoms with Crippen LogP contribution in [0.4, 0.5) is 21.9 Å². The molecule has 0 atom stereocenters. The Bertz CT molecular complexity index is 741. The number of benzene rings is 2. The van der Waals surface area contributed by atoms with Crippen molar-refractivity contribution < 1.29 is 24.5 Å². The van der Waals surface area contributed by atoms with E-state index in [0.29, 0.717) is 5.69 Å². The van der Waals surface area contributed by atoms with Gasteiger partial charge in [-0.05, 0) is 24.3 Å². The van der Waals surface area contributed by atoms with Gasteiger partial charge in [-0.15, -0.1) is 0 Å². The summed E-state index contributed by atoms with van der Waals surface area (Å²) in [4.78, 5) is 30.5. The Morgan fingerprint density at radius 1 is 0.957 bits per heavy atom. The maximum Gasteiger partial charge on any atom is 0.409 e. The van der Waals surface area contributed by atoms with E-state index in [0.717, 1.165) is 18.2 Å². The van der Waals surface area contributed by atoms with E-state index >= 15 is 0 Å². The molecule has 118 valence electrons. The molecular weight excluding hydrogens is 310 g/mol. The van der Waals surface area contributed by atoms with Gasteiger partial charge in [-0.1, -0.05) is 0 Å². The number of anilines is 1. The van der Waals surface area contributed by atoms with Crippen molar-refractivity contribution in [2.24, 2.45) is 0 Å². The molecule has 23 heavy (non-hydrogen) atoms. The third kappa shape index (κ3) is 4.14. The molecule has 0 bridgehead atoms. The van der Waals surface area contributed by atoms with Crippen molar-refractivity contribution in [3.05, 3.63) is 62.7 Å². The maximum atomic E-state index is 10.8. The fraction of sp³-hybridized carbons (Fsp3) is 0. The summed E-state index contributed by atoms with van der Waals surface area (Å²) in [6, 6.07) is 8.58. The van der Waals surface area contributed by atoms with Gasteiger partial charge in [0.05, 0.1) is 28.0 Å². The van der Waals surface area contributed by atoms with Crippen LogP contribution in [0.5, 0.6) is 11.5 Å². The van der Waals surface area contributed by atoms with Crippen molar-refractivity contribution in [2.75, 3.05) is 5.32 Å². The van der Waals surface area contributed by atoms with E-state index < -0.39 is 27.3 Å². The number of nitrogens with zero attached hydrogens (tertiary/aromatic N) is 2. The van der Waals surface area contributed by atoms with Crippen LogP contribution in [-0.2, 0) is 0 Å². The Kier molecular flexibility index (Phi) is 4.36. The minimum atomic E-state index is -1.23. The molecule has 0 radical (unpaired) electrons.